The second kappa shape index (κ2) is 8.12. The van der Waals surface area contributed by atoms with Gasteiger partial charge in [-0.05, 0) is 24.6 Å². The lowest BCUT2D eigenvalue weighted by molar-refractivity contribution is 0.0954. The van der Waals surface area contributed by atoms with Crippen LogP contribution in [0.1, 0.15) is 43.0 Å². The van der Waals surface area contributed by atoms with Gasteiger partial charge in [0.05, 0.1) is 11.9 Å². The molecule has 5 nitrogen and oxygen atoms in total. The van der Waals surface area contributed by atoms with Crippen molar-refractivity contribution < 1.29 is 4.79 Å². The number of nitrogens with one attached hydrogen (secondary N) is 1. The second-order valence-electron chi connectivity index (χ2n) is 5.95. The largest absolute Gasteiger partial charge is 0.352 e. The molecule has 0 spiro atoms. The van der Waals surface area contributed by atoms with E-state index < -0.39 is 0 Å². The molecule has 2 aromatic heterocycles. The number of hydrogen-bond acceptors (Lipinski definition) is 3. The molecule has 1 amide bonds. The van der Waals surface area contributed by atoms with E-state index in [0.717, 1.165) is 24.1 Å². The number of rotatable bonds is 7. The first-order valence-electron chi connectivity index (χ1n) is 8.57. The maximum Gasteiger partial charge on any atom is 0.256 e. The molecule has 0 saturated heterocycles. The van der Waals surface area contributed by atoms with Crippen LogP contribution in [0.3, 0.4) is 0 Å². The predicted octanol–water partition coefficient (Wildman–Crippen LogP) is 4.36. The minimum absolute atomic E-state index is 0.132. The van der Waals surface area contributed by atoms with Crippen LogP contribution in [0, 0.1) is 0 Å². The summed E-state index contributed by atoms with van der Waals surface area (Å²) in [6.45, 7) is 2.84. The summed E-state index contributed by atoms with van der Waals surface area (Å²) in [7, 11) is 0. The monoisotopic (exact) mass is 356 g/mol. The number of carbonyl (C=O) groups is 1. The van der Waals surface area contributed by atoms with E-state index in [4.69, 9.17) is 11.6 Å². The average Bonchev–Trinajstić information content (AvgIpc) is 3.06. The van der Waals surface area contributed by atoms with Crippen LogP contribution in [-0.4, -0.2) is 27.0 Å². The van der Waals surface area contributed by atoms with Gasteiger partial charge in [-0.15, -0.1) is 0 Å². The number of halogens is 1. The maximum absolute atomic E-state index is 12.4. The third-order valence-corrected chi connectivity index (χ3v) is 4.35. The number of aromatic nitrogens is 3. The van der Waals surface area contributed by atoms with Gasteiger partial charge in [-0.1, -0.05) is 49.9 Å². The Morgan fingerprint density at radius 2 is 1.96 bits per heavy atom. The van der Waals surface area contributed by atoms with Crippen LogP contribution in [0.25, 0.3) is 16.9 Å². The number of fused-ring (bicyclic) bond motifs is 1. The highest BCUT2D eigenvalue weighted by atomic mass is 35.5. The van der Waals surface area contributed by atoms with E-state index >= 15 is 0 Å². The fourth-order valence-corrected chi connectivity index (χ4v) is 2.87. The van der Waals surface area contributed by atoms with Crippen LogP contribution >= 0.6 is 11.6 Å². The van der Waals surface area contributed by atoms with E-state index in [1.54, 1.807) is 16.9 Å². The Labute approximate surface area is 152 Å². The van der Waals surface area contributed by atoms with Crippen LogP contribution in [0.4, 0.5) is 0 Å². The van der Waals surface area contributed by atoms with Gasteiger partial charge in [0, 0.05) is 23.3 Å². The van der Waals surface area contributed by atoms with Crippen molar-refractivity contribution >= 4 is 23.2 Å². The van der Waals surface area contributed by atoms with E-state index in [1.807, 2.05) is 30.3 Å². The summed E-state index contributed by atoms with van der Waals surface area (Å²) >= 11 is 5.96. The SMILES string of the molecule is CCCCCCNC(=O)c1cnn2c(-c3ccc(Cl)cc3)ccnc12. The molecule has 1 N–H and O–H groups in total. The molecule has 1 aromatic carbocycles. The normalized spacial score (nSPS) is 11.0. The average molecular weight is 357 g/mol. The quantitative estimate of drug-likeness (QED) is 0.640. The highest BCUT2D eigenvalue weighted by molar-refractivity contribution is 6.30. The van der Waals surface area contributed by atoms with E-state index in [0.29, 0.717) is 22.8 Å². The molecule has 0 fully saturated rings. The van der Waals surface area contributed by atoms with Crippen LogP contribution in [0.15, 0.2) is 42.7 Å². The molecule has 25 heavy (non-hydrogen) atoms. The molecule has 3 rings (SSSR count). The molecule has 0 aliphatic heterocycles. The summed E-state index contributed by atoms with van der Waals surface area (Å²) in [4.78, 5) is 16.8. The van der Waals surface area contributed by atoms with Gasteiger partial charge in [-0.3, -0.25) is 4.79 Å². The van der Waals surface area contributed by atoms with Crippen LogP contribution in [-0.2, 0) is 0 Å². The number of nitrogens with zero attached hydrogens (tertiary/aromatic N) is 3. The van der Waals surface area contributed by atoms with Gasteiger partial charge in [-0.2, -0.15) is 5.10 Å². The smallest absolute Gasteiger partial charge is 0.256 e. The fourth-order valence-electron chi connectivity index (χ4n) is 2.74. The van der Waals surface area contributed by atoms with Crippen molar-refractivity contribution in [3.05, 3.63) is 53.3 Å². The van der Waals surface area contributed by atoms with Gasteiger partial charge < -0.3 is 5.32 Å². The van der Waals surface area contributed by atoms with Gasteiger partial charge in [0.15, 0.2) is 5.65 Å². The zero-order valence-electron chi connectivity index (χ0n) is 14.2. The summed E-state index contributed by atoms with van der Waals surface area (Å²) in [5.74, 6) is -0.132. The van der Waals surface area contributed by atoms with Crippen LogP contribution < -0.4 is 5.32 Å². The zero-order valence-corrected chi connectivity index (χ0v) is 15.0. The van der Waals surface area contributed by atoms with Crippen molar-refractivity contribution in [2.45, 2.75) is 32.6 Å². The molecule has 3 aromatic rings. The van der Waals surface area contributed by atoms with Crippen molar-refractivity contribution in [3.63, 3.8) is 0 Å². The standard InChI is InChI=1S/C19H21ClN4O/c1-2-3-4-5-11-22-19(25)16-13-23-24-17(10-12-21-18(16)24)14-6-8-15(20)9-7-14/h6-10,12-13H,2-5,11H2,1H3,(H,22,25). The lowest BCUT2D eigenvalue weighted by Gasteiger charge is -2.06. The molecule has 0 aliphatic carbocycles. The lowest BCUT2D eigenvalue weighted by Crippen LogP contribution is -2.24. The summed E-state index contributed by atoms with van der Waals surface area (Å²) in [5, 5.41) is 7.99. The zero-order chi connectivity index (χ0) is 17.6. The highest BCUT2D eigenvalue weighted by Gasteiger charge is 2.15. The number of hydrogen-bond donors (Lipinski definition) is 1. The minimum atomic E-state index is -0.132. The Kier molecular flexibility index (Phi) is 5.66. The lowest BCUT2D eigenvalue weighted by atomic mass is 10.1. The predicted molar refractivity (Wildman–Crippen MR) is 99.9 cm³/mol. The van der Waals surface area contributed by atoms with Crippen LogP contribution in [0.2, 0.25) is 5.02 Å². The van der Waals surface area contributed by atoms with E-state index in [1.165, 1.54) is 12.8 Å². The number of amides is 1. The molecular formula is C19H21ClN4O. The highest BCUT2D eigenvalue weighted by Crippen LogP contribution is 2.22. The number of benzene rings is 1. The molecular weight excluding hydrogens is 336 g/mol. The summed E-state index contributed by atoms with van der Waals surface area (Å²) in [6, 6.07) is 9.38. The third kappa shape index (κ3) is 3.99. The molecule has 0 atom stereocenters. The Morgan fingerprint density at radius 1 is 1.16 bits per heavy atom. The van der Waals surface area contributed by atoms with E-state index in [2.05, 4.69) is 22.3 Å². The second-order valence-corrected chi connectivity index (χ2v) is 6.38. The molecule has 6 heteroatoms. The molecule has 0 aliphatic rings. The Hall–Kier alpha value is -2.40. The molecule has 0 radical (unpaired) electrons. The molecule has 2 heterocycles. The fraction of sp³-hybridized carbons (Fsp3) is 0.316. The van der Waals surface area contributed by atoms with Gasteiger partial charge in [-0.25, -0.2) is 9.50 Å². The number of unbranched alkanes of at least 4 members (excludes halogenated alkanes) is 3. The molecule has 0 saturated carbocycles. The van der Waals surface area contributed by atoms with Crippen molar-refractivity contribution in [1.29, 1.82) is 0 Å². The van der Waals surface area contributed by atoms with Crippen LogP contribution in [0.5, 0.6) is 0 Å². The number of carbonyl (C=O) groups excluding carboxylic acids is 1. The van der Waals surface area contributed by atoms with Crippen molar-refractivity contribution in [3.8, 4) is 11.3 Å². The van der Waals surface area contributed by atoms with Crippen molar-refractivity contribution in [1.82, 2.24) is 19.9 Å². The Bertz CT molecular complexity index is 857. The topological polar surface area (TPSA) is 59.3 Å². The molecule has 130 valence electrons. The Balaban J connectivity index is 1.81. The van der Waals surface area contributed by atoms with Crippen molar-refractivity contribution in [2.75, 3.05) is 6.54 Å². The van der Waals surface area contributed by atoms with Gasteiger partial charge >= 0.3 is 0 Å². The third-order valence-electron chi connectivity index (χ3n) is 4.10. The maximum atomic E-state index is 12.4. The van der Waals surface area contributed by atoms with E-state index in [9.17, 15) is 4.79 Å². The van der Waals surface area contributed by atoms with Gasteiger partial charge in [0.25, 0.3) is 5.91 Å². The summed E-state index contributed by atoms with van der Waals surface area (Å²) in [5.41, 5.74) is 2.87. The first-order chi connectivity index (χ1) is 12.2. The van der Waals surface area contributed by atoms with Gasteiger partial charge in [0.1, 0.15) is 5.56 Å². The molecule has 0 bridgehead atoms. The minimum Gasteiger partial charge on any atom is -0.352 e. The Morgan fingerprint density at radius 3 is 2.72 bits per heavy atom. The first-order valence-corrected chi connectivity index (χ1v) is 8.95. The van der Waals surface area contributed by atoms with E-state index in [-0.39, 0.29) is 5.91 Å². The molecule has 0 unspecified atom stereocenters. The van der Waals surface area contributed by atoms with Crippen molar-refractivity contribution in [2.24, 2.45) is 0 Å². The first kappa shape index (κ1) is 17.4. The van der Waals surface area contributed by atoms with Gasteiger partial charge in [0.2, 0.25) is 0 Å². The summed E-state index contributed by atoms with van der Waals surface area (Å²) < 4.78 is 1.69. The summed E-state index contributed by atoms with van der Waals surface area (Å²) in [6.07, 6.45) is 7.76.